The molecule has 2 rings (SSSR count). The molecule has 13 heavy (non-hydrogen) atoms. The first-order valence-corrected chi connectivity index (χ1v) is 6.90. The first-order chi connectivity index (χ1) is 6.22. The third-order valence-electron chi connectivity index (χ3n) is 1.78. The van der Waals surface area contributed by atoms with Crippen LogP contribution in [0.1, 0.15) is 0 Å². The highest BCUT2D eigenvalue weighted by Gasteiger charge is 2.07. The number of hydrogen-bond acceptors (Lipinski definition) is 2. The highest BCUT2D eigenvalue weighted by Crippen LogP contribution is 2.38. The van der Waals surface area contributed by atoms with Crippen molar-refractivity contribution in [1.29, 1.82) is 0 Å². The summed E-state index contributed by atoms with van der Waals surface area (Å²) in [5.74, 6) is 0. The first-order valence-electron chi connectivity index (χ1n) is 3.62. The Morgan fingerprint density at radius 1 is 1.46 bits per heavy atom. The largest absolute Gasteiger partial charge is 0.143 e. The summed E-state index contributed by atoms with van der Waals surface area (Å²) in [4.78, 5) is 1.26. The summed E-state index contributed by atoms with van der Waals surface area (Å²) in [6.07, 6.45) is 2.07. The summed E-state index contributed by atoms with van der Waals surface area (Å²) in [6, 6.07) is 4.04. The van der Waals surface area contributed by atoms with Crippen LogP contribution < -0.4 is 0 Å². The summed E-state index contributed by atoms with van der Waals surface area (Å²) in [5.41, 5.74) is 0. The number of benzene rings is 1. The van der Waals surface area contributed by atoms with Crippen LogP contribution in [0.5, 0.6) is 0 Å². The topological polar surface area (TPSA) is 0 Å². The fourth-order valence-electron chi connectivity index (χ4n) is 1.21. The number of fused-ring (bicyclic) bond motifs is 1. The van der Waals surface area contributed by atoms with Crippen molar-refractivity contribution in [2.24, 2.45) is 0 Å². The van der Waals surface area contributed by atoms with E-state index >= 15 is 0 Å². The fraction of sp³-hybridized carbons (Fsp3) is 0.111. The van der Waals surface area contributed by atoms with Gasteiger partial charge in [-0.2, -0.15) is 0 Å². The second kappa shape index (κ2) is 3.81. The zero-order valence-corrected chi connectivity index (χ0v) is 10.8. The van der Waals surface area contributed by atoms with Gasteiger partial charge in [0.15, 0.2) is 0 Å². The van der Waals surface area contributed by atoms with E-state index in [1.807, 2.05) is 6.07 Å². The summed E-state index contributed by atoms with van der Waals surface area (Å²) in [7, 11) is 0. The van der Waals surface area contributed by atoms with Gasteiger partial charge in [0.05, 0.1) is 5.02 Å². The van der Waals surface area contributed by atoms with E-state index in [1.165, 1.54) is 15.0 Å². The van der Waals surface area contributed by atoms with Crippen molar-refractivity contribution < 1.29 is 0 Å². The third-order valence-corrected chi connectivity index (χ3v) is 4.37. The second-order valence-corrected chi connectivity index (χ2v) is 5.65. The van der Waals surface area contributed by atoms with E-state index in [4.69, 9.17) is 11.6 Å². The molecular formula is C9H6BrClS2. The lowest BCUT2D eigenvalue weighted by molar-refractivity contribution is 1.65. The molecule has 0 aliphatic carbocycles. The van der Waals surface area contributed by atoms with Crippen molar-refractivity contribution in [3.05, 3.63) is 27.0 Å². The molecule has 0 saturated heterocycles. The van der Waals surface area contributed by atoms with Crippen molar-refractivity contribution in [2.75, 3.05) is 6.26 Å². The second-order valence-electron chi connectivity index (χ2n) is 2.56. The quantitative estimate of drug-likeness (QED) is 0.664. The van der Waals surface area contributed by atoms with Crippen molar-refractivity contribution >= 4 is 60.7 Å². The van der Waals surface area contributed by atoms with Crippen molar-refractivity contribution in [3.8, 4) is 0 Å². The molecule has 0 spiro atoms. The molecule has 0 atom stereocenters. The van der Waals surface area contributed by atoms with Crippen LogP contribution in [0.2, 0.25) is 5.02 Å². The molecule has 68 valence electrons. The lowest BCUT2D eigenvalue weighted by atomic mass is 10.3. The summed E-state index contributed by atoms with van der Waals surface area (Å²) in [6.45, 7) is 0. The van der Waals surface area contributed by atoms with Crippen LogP contribution in [0, 0.1) is 0 Å². The molecule has 0 nitrogen and oxygen atoms in total. The van der Waals surface area contributed by atoms with Crippen LogP contribution in [0.15, 0.2) is 26.9 Å². The minimum atomic E-state index is 0.829. The molecule has 1 aromatic heterocycles. The molecule has 0 aliphatic heterocycles. The number of thioether (sulfide) groups is 1. The zero-order chi connectivity index (χ0) is 9.42. The molecule has 0 unspecified atom stereocenters. The lowest BCUT2D eigenvalue weighted by Crippen LogP contribution is -1.71. The van der Waals surface area contributed by atoms with Crippen molar-refractivity contribution in [2.45, 2.75) is 4.90 Å². The number of rotatable bonds is 1. The molecule has 0 bridgehead atoms. The average molecular weight is 294 g/mol. The Labute approximate surface area is 98.4 Å². The Kier molecular flexibility index (Phi) is 2.88. The van der Waals surface area contributed by atoms with Gasteiger partial charge in [0.2, 0.25) is 0 Å². The van der Waals surface area contributed by atoms with Crippen LogP contribution in [0.25, 0.3) is 10.1 Å². The first kappa shape index (κ1) is 9.84. The molecule has 0 radical (unpaired) electrons. The minimum Gasteiger partial charge on any atom is -0.143 e. The van der Waals surface area contributed by atoms with Gasteiger partial charge < -0.3 is 0 Å². The van der Waals surface area contributed by atoms with E-state index in [1.54, 1.807) is 23.1 Å². The maximum absolute atomic E-state index is 6.15. The monoisotopic (exact) mass is 292 g/mol. The van der Waals surface area contributed by atoms with Crippen LogP contribution in [-0.2, 0) is 0 Å². The Morgan fingerprint density at radius 2 is 2.23 bits per heavy atom. The van der Waals surface area contributed by atoms with E-state index in [9.17, 15) is 0 Å². The standard InChI is InChI=1S/C9H6BrClS2/c1-12-8-4-13-7-3-5(10)2-6(11)9(7)8/h2-4H,1H3. The highest BCUT2D eigenvalue weighted by molar-refractivity contribution is 9.10. The van der Waals surface area contributed by atoms with Crippen LogP contribution in [0.3, 0.4) is 0 Å². The molecular weight excluding hydrogens is 288 g/mol. The Bertz CT molecular complexity index is 450. The molecule has 0 amide bonds. The van der Waals surface area contributed by atoms with E-state index in [2.05, 4.69) is 33.6 Å². The third kappa shape index (κ3) is 1.75. The van der Waals surface area contributed by atoms with Crippen LogP contribution in [-0.4, -0.2) is 6.26 Å². The molecule has 0 N–H and O–H groups in total. The Hall–Kier alpha value is 0.300. The predicted molar refractivity (Wildman–Crippen MR) is 66.3 cm³/mol. The van der Waals surface area contributed by atoms with Gasteiger partial charge in [-0.05, 0) is 18.4 Å². The number of thiophene rings is 1. The molecule has 0 saturated carbocycles. The lowest BCUT2D eigenvalue weighted by Gasteiger charge is -1.98. The van der Waals surface area contributed by atoms with E-state index < -0.39 is 0 Å². The van der Waals surface area contributed by atoms with Crippen LogP contribution in [0.4, 0.5) is 0 Å². The average Bonchev–Trinajstić information content (AvgIpc) is 2.47. The number of halogens is 2. The molecule has 1 aromatic carbocycles. The molecule has 0 fully saturated rings. The summed E-state index contributed by atoms with van der Waals surface area (Å²) in [5, 5.41) is 4.16. The van der Waals surface area contributed by atoms with Gasteiger partial charge in [-0.1, -0.05) is 27.5 Å². The van der Waals surface area contributed by atoms with Crippen molar-refractivity contribution in [3.63, 3.8) is 0 Å². The van der Waals surface area contributed by atoms with Gasteiger partial charge in [0.1, 0.15) is 0 Å². The zero-order valence-electron chi connectivity index (χ0n) is 6.80. The Balaban J connectivity index is 2.82. The maximum atomic E-state index is 6.15. The van der Waals surface area contributed by atoms with E-state index in [0.717, 1.165) is 9.50 Å². The van der Waals surface area contributed by atoms with E-state index in [-0.39, 0.29) is 0 Å². The van der Waals surface area contributed by atoms with Crippen molar-refractivity contribution in [1.82, 2.24) is 0 Å². The summed E-state index contributed by atoms with van der Waals surface area (Å²) < 4.78 is 2.28. The smallest absolute Gasteiger partial charge is 0.0515 e. The molecule has 0 aliphatic rings. The fourth-order valence-corrected chi connectivity index (χ4v) is 4.29. The minimum absolute atomic E-state index is 0.829. The van der Waals surface area contributed by atoms with Gasteiger partial charge in [0, 0.05) is 24.8 Å². The molecule has 4 heteroatoms. The normalized spacial score (nSPS) is 11.0. The van der Waals surface area contributed by atoms with E-state index in [0.29, 0.717) is 0 Å². The SMILES string of the molecule is CSc1csc2cc(Br)cc(Cl)c12. The molecule has 1 heterocycles. The predicted octanol–water partition coefficient (Wildman–Crippen LogP) is 5.04. The van der Waals surface area contributed by atoms with Gasteiger partial charge in [-0.3, -0.25) is 0 Å². The molecule has 2 aromatic rings. The Morgan fingerprint density at radius 3 is 2.92 bits per heavy atom. The summed E-state index contributed by atoms with van der Waals surface area (Å²) >= 11 is 13.0. The van der Waals surface area contributed by atoms with Gasteiger partial charge >= 0.3 is 0 Å². The van der Waals surface area contributed by atoms with Crippen LogP contribution >= 0.6 is 50.6 Å². The van der Waals surface area contributed by atoms with Gasteiger partial charge in [-0.15, -0.1) is 23.1 Å². The maximum Gasteiger partial charge on any atom is 0.0515 e. The van der Waals surface area contributed by atoms with Gasteiger partial charge in [0.25, 0.3) is 0 Å². The van der Waals surface area contributed by atoms with Gasteiger partial charge in [-0.25, -0.2) is 0 Å². The highest BCUT2D eigenvalue weighted by atomic mass is 79.9. The number of hydrogen-bond donors (Lipinski definition) is 0.